The number of rotatable bonds is 5. The molecular formula is C15H17ClN2O2. The smallest absolute Gasteiger partial charge is 0.162 e. The number of phenolic OH excluding ortho intramolecular Hbond substituents is 1. The van der Waals surface area contributed by atoms with Crippen LogP contribution in [0.1, 0.15) is 18.1 Å². The molecule has 0 atom stereocenters. The Hall–Kier alpha value is -1.94. The number of nitrogens with zero attached hydrogens (tertiary/aromatic N) is 1. The Balaban J connectivity index is 2.17. The predicted octanol–water partition coefficient (Wildman–Crippen LogP) is 3.76. The lowest BCUT2D eigenvalue weighted by atomic mass is 10.1. The first-order valence-corrected chi connectivity index (χ1v) is 6.80. The van der Waals surface area contributed by atoms with Gasteiger partial charge in [-0.05, 0) is 31.5 Å². The molecule has 2 N–H and O–H groups in total. The van der Waals surface area contributed by atoms with Crippen molar-refractivity contribution >= 4 is 17.3 Å². The average molecular weight is 293 g/mol. The maximum atomic E-state index is 10.1. The lowest BCUT2D eigenvalue weighted by molar-refractivity contribution is 0.317. The number of para-hydroxylation sites is 1. The summed E-state index contributed by atoms with van der Waals surface area (Å²) in [5.41, 5.74) is 2.52. The number of benzene rings is 1. The highest BCUT2D eigenvalue weighted by Gasteiger charge is 2.09. The van der Waals surface area contributed by atoms with Crippen molar-refractivity contribution in [3.8, 4) is 11.5 Å². The molecule has 0 aliphatic carbocycles. The Kier molecular flexibility index (Phi) is 4.69. The molecule has 0 saturated heterocycles. The van der Waals surface area contributed by atoms with E-state index >= 15 is 0 Å². The van der Waals surface area contributed by atoms with Crippen LogP contribution in [0.25, 0.3) is 0 Å². The molecule has 0 saturated carbocycles. The van der Waals surface area contributed by atoms with Gasteiger partial charge >= 0.3 is 0 Å². The first-order chi connectivity index (χ1) is 9.63. The molecule has 0 aliphatic rings. The van der Waals surface area contributed by atoms with Gasteiger partial charge in [-0.15, -0.1) is 0 Å². The highest BCUT2D eigenvalue weighted by atomic mass is 35.5. The number of halogens is 1. The van der Waals surface area contributed by atoms with Gasteiger partial charge in [-0.1, -0.05) is 23.7 Å². The number of aryl methyl sites for hydroxylation is 1. The minimum Gasteiger partial charge on any atom is -0.504 e. The minimum atomic E-state index is 0.152. The van der Waals surface area contributed by atoms with Gasteiger partial charge in [-0.3, -0.25) is 0 Å². The molecule has 0 fully saturated rings. The van der Waals surface area contributed by atoms with Gasteiger partial charge in [0.15, 0.2) is 16.7 Å². The molecule has 0 bridgehead atoms. The monoisotopic (exact) mass is 292 g/mol. The van der Waals surface area contributed by atoms with Crippen LogP contribution in [0.15, 0.2) is 30.5 Å². The SMILES string of the molecule is CCOc1cccc(CNc2c(C)ccnc2Cl)c1O. The van der Waals surface area contributed by atoms with Crippen LogP contribution in [0, 0.1) is 6.92 Å². The van der Waals surface area contributed by atoms with E-state index in [9.17, 15) is 5.11 Å². The van der Waals surface area contributed by atoms with Gasteiger partial charge in [0.1, 0.15) is 0 Å². The molecule has 20 heavy (non-hydrogen) atoms. The van der Waals surface area contributed by atoms with E-state index in [1.165, 1.54) is 0 Å². The van der Waals surface area contributed by atoms with E-state index in [2.05, 4.69) is 10.3 Å². The van der Waals surface area contributed by atoms with Crippen molar-refractivity contribution in [1.82, 2.24) is 4.98 Å². The topological polar surface area (TPSA) is 54.4 Å². The summed E-state index contributed by atoms with van der Waals surface area (Å²) in [6.07, 6.45) is 1.66. The van der Waals surface area contributed by atoms with Gasteiger partial charge in [0.05, 0.1) is 12.3 Å². The number of aromatic nitrogens is 1. The van der Waals surface area contributed by atoms with Crippen LogP contribution in [0.5, 0.6) is 11.5 Å². The summed E-state index contributed by atoms with van der Waals surface area (Å²) in [4.78, 5) is 4.04. The number of hydrogen-bond acceptors (Lipinski definition) is 4. The van der Waals surface area contributed by atoms with Crippen LogP contribution in [-0.2, 0) is 6.54 Å². The molecule has 1 heterocycles. The molecule has 2 aromatic rings. The summed E-state index contributed by atoms with van der Waals surface area (Å²) in [5.74, 6) is 0.639. The zero-order valence-corrected chi connectivity index (χ0v) is 12.2. The Morgan fingerprint density at radius 2 is 2.15 bits per heavy atom. The molecule has 0 aliphatic heterocycles. The van der Waals surface area contributed by atoms with Crippen molar-refractivity contribution in [2.24, 2.45) is 0 Å². The second-order valence-corrected chi connectivity index (χ2v) is 4.70. The van der Waals surface area contributed by atoms with Crippen LogP contribution < -0.4 is 10.1 Å². The van der Waals surface area contributed by atoms with Crippen LogP contribution in [0.2, 0.25) is 5.15 Å². The summed E-state index contributed by atoms with van der Waals surface area (Å²) in [7, 11) is 0. The summed E-state index contributed by atoms with van der Waals surface area (Å²) in [6.45, 7) is 4.78. The molecule has 4 nitrogen and oxygen atoms in total. The van der Waals surface area contributed by atoms with Gasteiger partial charge < -0.3 is 15.2 Å². The van der Waals surface area contributed by atoms with Crippen LogP contribution in [0.3, 0.4) is 0 Å². The van der Waals surface area contributed by atoms with E-state index < -0.39 is 0 Å². The quantitative estimate of drug-likeness (QED) is 0.824. The van der Waals surface area contributed by atoms with Gasteiger partial charge in [-0.25, -0.2) is 4.98 Å². The third-order valence-electron chi connectivity index (χ3n) is 2.95. The van der Waals surface area contributed by atoms with E-state index in [4.69, 9.17) is 16.3 Å². The Morgan fingerprint density at radius 1 is 1.35 bits per heavy atom. The molecule has 106 valence electrons. The fraction of sp³-hybridized carbons (Fsp3) is 0.267. The molecule has 5 heteroatoms. The first-order valence-electron chi connectivity index (χ1n) is 6.42. The first kappa shape index (κ1) is 14.5. The molecule has 0 amide bonds. The molecule has 0 unspecified atom stereocenters. The van der Waals surface area contributed by atoms with E-state index in [0.29, 0.717) is 24.1 Å². The van der Waals surface area contributed by atoms with Crippen molar-refractivity contribution in [3.05, 3.63) is 46.7 Å². The normalized spacial score (nSPS) is 10.3. The van der Waals surface area contributed by atoms with E-state index in [-0.39, 0.29) is 5.75 Å². The standard InChI is InChI=1S/C15H17ClN2O2/c1-3-20-12-6-4-5-11(14(12)19)9-18-13-10(2)7-8-17-15(13)16/h4-8,18-19H,3,9H2,1-2H3. The fourth-order valence-electron chi connectivity index (χ4n) is 1.90. The second kappa shape index (κ2) is 6.48. The average Bonchev–Trinajstić information content (AvgIpc) is 2.42. The number of pyridine rings is 1. The largest absolute Gasteiger partial charge is 0.504 e. The van der Waals surface area contributed by atoms with Crippen molar-refractivity contribution in [1.29, 1.82) is 0 Å². The Morgan fingerprint density at radius 3 is 2.85 bits per heavy atom. The third-order valence-corrected chi connectivity index (χ3v) is 3.24. The summed E-state index contributed by atoms with van der Waals surface area (Å²) < 4.78 is 5.36. The summed E-state index contributed by atoms with van der Waals surface area (Å²) >= 11 is 6.06. The number of anilines is 1. The number of hydrogen-bond donors (Lipinski definition) is 2. The molecule has 2 rings (SSSR count). The van der Waals surface area contributed by atoms with Gasteiger partial charge in [0.25, 0.3) is 0 Å². The highest BCUT2D eigenvalue weighted by Crippen LogP contribution is 2.31. The lowest BCUT2D eigenvalue weighted by Gasteiger charge is -2.13. The number of aromatic hydroxyl groups is 1. The molecule has 1 aromatic heterocycles. The second-order valence-electron chi connectivity index (χ2n) is 4.34. The van der Waals surface area contributed by atoms with Crippen molar-refractivity contribution < 1.29 is 9.84 Å². The minimum absolute atomic E-state index is 0.152. The van der Waals surface area contributed by atoms with E-state index in [0.717, 1.165) is 16.8 Å². The Labute approximate surface area is 123 Å². The van der Waals surface area contributed by atoms with Gasteiger partial charge in [0, 0.05) is 18.3 Å². The fourth-order valence-corrected chi connectivity index (χ4v) is 2.18. The summed E-state index contributed by atoms with van der Waals surface area (Å²) in [5, 5.41) is 13.7. The molecule has 0 spiro atoms. The van der Waals surface area contributed by atoms with E-state index in [1.807, 2.05) is 32.0 Å². The third kappa shape index (κ3) is 3.14. The van der Waals surface area contributed by atoms with Gasteiger partial charge in [-0.2, -0.15) is 0 Å². The maximum absolute atomic E-state index is 10.1. The number of ether oxygens (including phenoxy) is 1. The van der Waals surface area contributed by atoms with E-state index in [1.54, 1.807) is 12.3 Å². The maximum Gasteiger partial charge on any atom is 0.162 e. The molecule has 1 aromatic carbocycles. The van der Waals surface area contributed by atoms with Crippen molar-refractivity contribution in [2.75, 3.05) is 11.9 Å². The van der Waals surface area contributed by atoms with Crippen LogP contribution in [-0.4, -0.2) is 16.7 Å². The van der Waals surface area contributed by atoms with Gasteiger partial charge in [0.2, 0.25) is 0 Å². The molecular weight excluding hydrogens is 276 g/mol. The highest BCUT2D eigenvalue weighted by molar-refractivity contribution is 6.32. The van der Waals surface area contributed by atoms with Crippen molar-refractivity contribution in [3.63, 3.8) is 0 Å². The number of nitrogens with one attached hydrogen (secondary N) is 1. The lowest BCUT2D eigenvalue weighted by Crippen LogP contribution is -2.03. The Bertz CT molecular complexity index is 582. The van der Waals surface area contributed by atoms with Crippen molar-refractivity contribution in [2.45, 2.75) is 20.4 Å². The summed E-state index contributed by atoms with van der Waals surface area (Å²) in [6, 6.07) is 7.30. The molecule has 0 radical (unpaired) electrons. The predicted molar refractivity (Wildman–Crippen MR) is 80.6 cm³/mol. The number of phenols is 1. The zero-order chi connectivity index (χ0) is 14.5. The van der Waals surface area contributed by atoms with Crippen LogP contribution >= 0.6 is 11.6 Å². The van der Waals surface area contributed by atoms with Crippen LogP contribution in [0.4, 0.5) is 5.69 Å². The zero-order valence-electron chi connectivity index (χ0n) is 11.5.